The number of carbonyl (C=O) groups excluding carboxylic acids is 1. The summed E-state index contributed by atoms with van der Waals surface area (Å²) in [6, 6.07) is 16.7. The molecule has 4 nitrogen and oxygen atoms in total. The number of amides is 1. The summed E-state index contributed by atoms with van der Waals surface area (Å²) in [6.45, 7) is 4.16. The van der Waals surface area contributed by atoms with Crippen LogP contribution in [0, 0.1) is 6.92 Å². The van der Waals surface area contributed by atoms with Crippen LogP contribution in [0.4, 0.5) is 11.4 Å². The topological polar surface area (TPSA) is 44.7 Å². The Morgan fingerprint density at radius 2 is 1.83 bits per heavy atom. The second-order valence-corrected chi connectivity index (χ2v) is 8.87. The standard InChI is InChI=1S/C25H33N3OS/c1-4-20-13-11-12-19(2)24(20)27-23(29)18-30-25(26-21-14-7-5-8-15-21)28(3)22-16-9-6-10-17-22/h5,7-8,11-15,22H,4,6,9-10,16-18H2,1-3H3,(H,27,29). The summed E-state index contributed by atoms with van der Waals surface area (Å²) in [7, 11) is 2.12. The van der Waals surface area contributed by atoms with Gasteiger partial charge in [0.1, 0.15) is 0 Å². The van der Waals surface area contributed by atoms with Gasteiger partial charge in [-0.2, -0.15) is 0 Å². The van der Waals surface area contributed by atoms with Crippen LogP contribution in [0.5, 0.6) is 0 Å². The van der Waals surface area contributed by atoms with Crippen molar-refractivity contribution in [2.24, 2.45) is 4.99 Å². The molecule has 2 aromatic carbocycles. The summed E-state index contributed by atoms with van der Waals surface area (Å²) in [5.74, 6) is 0.363. The number of hydrogen-bond acceptors (Lipinski definition) is 3. The highest BCUT2D eigenvalue weighted by atomic mass is 32.2. The quantitative estimate of drug-likeness (QED) is 0.446. The number of nitrogens with zero attached hydrogens (tertiary/aromatic N) is 2. The molecule has 0 aliphatic heterocycles. The molecule has 1 saturated carbocycles. The lowest BCUT2D eigenvalue weighted by molar-refractivity contribution is -0.113. The van der Waals surface area contributed by atoms with Crippen molar-refractivity contribution in [2.45, 2.75) is 58.4 Å². The predicted octanol–water partition coefficient (Wildman–Crippen LogP) is 6.18. The molecule has 0 unspecified atom stereocenters. The third-order valence-corrected chi connectivity index (χ3v) is 6.79. The van der Waals surface area contributed by atoms with Crippen LogP contribution in [0.25, 0.3) is 0 Å². The van der Waals surface area contributed by atoms with Gasteiger partial charge >= 0.3 is 0 Å². The number of nitrogens with one attached hydrogen (secondary N) is 1. The molecule has 2 aromatic rings. The van der Waals surface area contributed by atoms with E-state index in [1.54, 1.807) is 0 Å². The van der Waals surface area contributed by atoms with Gasteiger partial charge < -0.3 is 10.2 Å². The highest BCUT2D eigenvalue weighted by molar-refractivity contribution is 8.14. The van der Waals surface area contributed by atoms with Crippen molar-refractivity contribution in [3.63, 3.8) is 0 Å². The van der Waals surface area contributed by atoms with E-state index >= 15 is 0 Å². The molecule has 1 aliphatic carbocycles. The Bertz CT molecular complexity index is 860. The molecule has 30 heavy (non-hydrogen) atoms. The number of rotatable bonds is 6. The molecule has 1 N–H and O–H groups in total. The maximum Gasteiger partial charge on any atom is 0.234 e. The number of thioether (sulfide) groups is 1. The summed E-state index contributed by atoms with van der Waals surface area (Å²) in [5, 5.41) is 4.05. The van der Waals surface area contributed by atoms with Gasteiger partial charge in [-0.15, -0.1) is 0 Å². The molecule has 1 aliphatic rings. The van der Waals surface area contributed by atoms with Gasteiger partial charge in [-0.1, -0.05) is 74.3 Å². The van der Waals surface area contributed by atoms with Crippen LogP contribution >= 0.6 is 11.8 Å². The molecular weight excluding hydrogens is 390 g/mol. The Kier molecular flexibility index (Phi) is 8.38. The molecule has 0 saturated heterocycles. The average molecular weight is 424 g/mol. The number of aliphatic imine (C=N–C) groups is 1. The second-order valence-electron chi connectivity index (χ2n) is 7.93. The maximum absolute atomic E-state index is 12.8. The van der Waals surface area contributed by atoms with Crippen molar-refractivity contribution >= 4 is 34.2 Å². The third-order valence-electron chi connectivity index (χ3n) is 5.74. The first-order chi connectivity index (χ1) is 14.6. The van der Waals surface area contributed by atoms with E-state index < -0.39 is 0 Å². The van der Waals surface area contributed by atoms with Gasteiger partial charge in [0.25, 0.3) is 0 Å². The summed E-state index contributed by atoms with van der Waals surface area (Å²) >= 11 is 1.53. The number of hydrogen-bond donors (Lipinski definition) is 1. The van der Waals surface area contributed by atoms with Crippen molar-refractivity contribution in [1.29, 1.82) is 0 Å². The minimum absolute atomic E-state index is 0.0156. The molecular formula is C25H33N3OS. The molecule has 1 fully saturated rings. The molecule has 0 atom stereocenters. The number of amidine groups is 1. The molecule has 0 spiro atoms. The Hall–Kier alpha value is -2.27. The Morgan fingerprint density at radius 3 is 2.53 bits per heavy atom. The van der Waals surface area contributed by atoms with Crippen LogP contribution < -0.4 is 5.32 Å². The minimum Gasteiger partial charge on any atom is -0.351 e. The number of para-hydroxylation sites is 2. The van der Waals surface area contributed by atoms with E-state index in [0.717, 1.165) is 28.5 Å². The number of benzene rings is 2. The van der Waals surface area contributed by atoms with Gasteiger partial charge in [0.15, 0.2) is 5.17 Å². The highest BCUT2D eigenvalue weighted by Gasteiger charge is 2.22. The van der Waals surface area contributed by atoms with Crippen molar-refractivity contribution in [2.75, 3.05) is 18.1 Å². The average Bonchev–Trinajstić information content (AvgIpc) is 2.78. The van der Waals surface area contributed by atoms with Gasteiger partial charge in [-0.3, -0.25) is 4.79 Å². The van der Waals surface area contributed by atoms with Crippen molar-refractivity contribution in [1.82, 2.24) is 4.90 Å². The molecule has 3 rings (SSSR count). The van der Waals surface area contributed by atoms with Gasteiger partial charge in [-0.25, -0.2) is 4.99 Å². The van der Waals surface area contributed by atoms with E-state index in [1.165, 1.54) is 49.4 Å². The fourth-order valence-electron chi connectivity index (χ4n) is 3.96. The number of carbonyl (C=O) groups is 1. The Balaban J connectivity index is 1.71. The zero-order chi connectivity index (χ0) is 21.3. The molecule has 1 amide bonds. The van der Waals surface area contributed by atoms with Crippen LogP contribution in [0.15, 0.2) is 53.5 Å². The van der Waals surface area contributed by atoms with E-state index in [-0.39, 0.29) is 5.91 Å². The van der Waals surface area contributed by atoms with Gasteiger partial charge in [0, 0.05) is 18.8 Å². The smallest absolute Gasteiger partial charge is 0.234 e. The first kappa shape index (κ1) is 22.4. The number of aryl methyl sites for hydroxylation is 2. The molecule has 5 heteroatoms. The van der Waals surface area contributed by atoms with Gasteiger partial charge in [0.2, 0.25) is 5.91 Å². The lowest BCUT2D eigenvalue weighted by atomic mass is 9.95. The van der Waals surface area contributed by atoms with E-state index in [0.29, 0.717) is 11.8 Å². The van der Waals surface area contributed by atoms with E-state index in [1.807, 2.05) is 49.4 Å². The second kappa shape index (κ2) is 11.2. The normalized spacial score (nSPS) is 15.1. The monoisotopic (exact) mass is 423 g/mol. The Labute approximate surface area is 185 Å². The molecule has 0 heterocycles. The summed E-state index contributed by atoms with van der Waals surface area (Å²) < 4.78 is 0. The summed E-state index contributed by atoms with van der Waals surface area (Å²) in [4.78, 5) is 20.0. The molecule has 0 radical (unpaired) electrons. The molecule has 0 aromatic heterocycles. The van der Waals surface area contributed by atoms with E-state index in [9.17, 15) is 4.79 Å². The fourth-order valence-corrected chi connectivity index (χ4v) is 4.81. The molecule has 0 bridgehead atoms. The zero-order valence-corrected chi connectivity index (χ0v) is 19.2. The van der Waals surface area contributed by atoms with Crippen LogP contribution in [0.1, 0.15) is 50.2 Å². The summed E-state index contributed by atoms with van der Waals surface area (Å²) in [5.41, 5.74) is 4.15. The van der Waals surface area contributed by atoms with Crippen LogP contribution in [-0.2, 0) is 11.2 Å². The maximum atomic E-state index is 12.8. The molecule has 160 valence electrons. The minimum atomic E-state index is 0.0156. The van der Waals surface area contributed by atoms with E-state index in [4.69, 9.17) is 4.99 Å². The fraction of sp³-hybridized carbons (Fsp3) is 0.440. The SMILES string of the molecule is CCc1cccc(C)c1NC(=O)CSC(=Nc1ccccc1)N(C)C1CCCCC1. The van der Waals surface area contributed by atoms with Crippen LogP contribution in [0.2, 0.25) is 0 Å². The lowest BCUT2D eigenvalue weighted by Gasteiger charge is -2.33. The predicted molar refractivity (Wildman–Crippen MR) is 130 cm³/mol. The van der Waals surface area contributed by atoms with Crippen molar-refractivity contribution in [3.05, 3.63) is 59.7 Å². The first-order valence-electron chi connectivity index (χ1n) is 11.0. The van der Waals surface area contributed by atoms with Crippen molar-refractivity contribution < 1.29 is 4.79 Å². The summed E-state index contributed by atoms with van der Waals surface area (Å²) in [6.07, 6.45) is 7.15. The third kappa shape index (κ3) is 6.11. The van der Waals surface area contributed by atoms with Gasteiger partial charge in [0.05, 0.1) is 11.4 Å². The van der Waals surface area contributed by atoms with Crippen LogP contribution in [-0.4, -0.2) is 34.8 Å². The first-order valence-corrected chi connectivity index (χ1v) is 11.9. The van der Waals surface area contributed by atoms with Crippen molar-refractivity contribution in [3.8, 4) is 0 Å². The Morgan fingerprint density at radius 1 is 1.10 bits per heavy atom. The van der Waals surface area contributed by atoms with Crippen LogP contribution in [0.3, 0.4) is 0 Å². The lowest BCUT2D eigenvalue weighted by Crippen LogP contribution is -2.37. The van der Waals surface area contributed by atoms with Gasteiger partial charge in [-0.05, 0) is 49.4 Å². The highest BCUT2D eigenvalue weighted by Crippen LogP contribution is 2.26. The van der Waals surface area contributed by atoms with E-state index in [2.05, 4.69) is 30.3 Å². The largest absolute Gasteiger partial charge is 0.351 e. The number of anilines is 1. The zero-order valence-electron chi connectivity index (χ0n) is 18.4.